The first kappa shape index (κ1) is 14.9. The van der Waals surface area contributed by atoms with Gasteiger partial charge in [-0.1, -0.05) is 26.7 Å². The molecule has 2 heteroatoms. The third-order valence-electron chi connectivity index (χ3n) is 2.71. The Bertz CT molecular complexity index is 115. The molecule has 0 saturated carbocycles. The molecule has 0 aliphatic carbocycles. The van der Waals surface area contributed by atoms with E-state index in [2.05, 4.69) is 31.1 Å². The van der Waals surface area contributed by atoms with Crippen LogP contribution in [-0.2, 0) is 0 Å². The maximum atomic E-state index is 3.44. The van der Waals surface area contributed by atoms with Crippen molar-refractivity contribution < 1.29 is 0 Å². The third kappa shape index (κ3) is 11.8. The van der Waals surface area contributed by atoms with Gasteiger partial charge in [-0.25, -0.2) is 0 Å². The first-order valence-electron chi connectivity index (χ1n) is 6.70. The van der Waals surface area contributed by atoms with Crippen molar-refractivity contribution in [2.24, 2.45) is 0 Å². The molecule has 0 saturated heterocycles. The molecule has 0 aliphatic heterocycles. The van der Waals surface area contributed by atoms with Gasteiger partial charge in [-0.2, -0.15) is 0 Å². The molecule has 0 aliphatic rings. The van der Waals surface area contributed by atoms with Crippen LogP contribution in [0.3, 0.4) is 0 Å². The maximum Gasteiger partial charge on any atom is -0.00213 e. The fourth-order valence-electron chi connectivity index (χ4n) is 1.68. The van der Waals surface area contributed by atoms with E-state index in [-0.39, 0.29) is 0 Å². The number of rotatable bonds is 11. The molecule has 15 heavy (non-hydrogen) atoms. The van der Waals surface area contributed by atoms with Crippen LogP contribution in [0.2, 0.25) is 0 Å². The molecule has 0 heterocycles. The lowest BCUT2D eigenvalue weighted by Crippen LogP contribution is -2.22. The highest BCUT2D eigenvalue weighted by molar-refractivity contribution is 4.54. The van der Waals surface area contributed by atoms with E-state index in [0.717, 1.165) is 0 Å². The van der Waals surface area contributed by atoms with E-state index in [1.165, 1.54) is 64.7 Å². The zero-order valence-electron chi connectivity index (χ0n) is 11.0. The lowest BCUT2D eigenvalue weighted by molar-refractivity contribution is 0.317. The van der Waals surface area contributed by atoms with Gasteiger partial charge in [0.05, 0.1) is 0 Å². The zero-order chi connectivity index (χ0) is 11.4. The summed E-state index contributed by atoms with van der Waals surface area (Å²) in [5.41, 5.74) is 0. The summed E-state index contributed by atoms with van der Waals surface area (Å²) in [7, 11) is 2.25. The van der Waals surface area contributed by atoms with Crippen molar-refractivity contribution >= 4 is 0 Å². The number of nitrogens with zero attached hydrogens (tertiary/aromatic N) is 1. The maximum absolute atomic E-state index is 3.44. The summed E-state index contributed by atoms with van der Waals surface area (Å²) in [4.78, 5) is 2.47. The van der Waals surface area contributed by atoms with Gasteiger partial charge in [0.15, 0.2) is 0 Å². The molecule has 0 unspecified atom stereocenters. The van der Waals surface area contributed by atoms with Crippen LogP contribution < -0.4 is 5.32 Å². The second-order valence-corrected chi connectivity index (χ2v) is 4.47. The van der Waals surface area contributed by atoms with E-state index < -0.39 is 0 Å². The van der Waals surface area contributed by atoms with Gasteiger partial charge in [-0.05, 0) is 58.9 Å². The Hall–Kier alpha value is -0.0800. The number of hydrogen-bond donors (Lipinski definition) is 1. The normalized spacial score (nSPS) is 11.2. The quantitative estimate of drug-likeness (QED) is 0.532. The minimum absolute atomic E-state index is 1.17. The first-order valence-corrected chi connectivity index (χ1v) is 6.70. The van der Waals surface area contributed by atoms with Crippen LogP contribution in [-0.4, -0.2) is 38.1 Å². The summed E-state index contributed by atoms with van der Waals surface area (Å²) in [6.45, 7) is 9.38. The molecule has 2 nitrogen and oxygen atoms in total. The number of hydrogen-bond acceptors (Lipinski definition) is 2. The molecule has 0 bridgehead atoms. The molecular weight excluding hydrogens is 184 g/mol. The molecule has 0 aromatic rings. The predicted molar refractivity (Wildman–Crippen MR) is 69.4 cm³/mol. The third-order valence-corrected chi connectivity index (χ3v) is 2.71. The molecule has 0 aromatic heterocycles. The second-order valence-electron chi connectivity index (χ2n) is 4.47. The summed E-state index contributed by atoms with van der Waals surface area (Å²) in [5.74, 6) is 0. The lowest BCUT2D eigenvalue weighted by Gasteiger charge is -2.16. The summed E-state index contributed by atoms with van der Waals surface area (Å²) in [5, 5.41) is 3.44. The van der Waals surface area contributed by atoms with Crippen molar-refractivity contribution in [3.8, 4) is 0 Å². The predicted octanol–water partition coefficient (Wildman–Crippen LogP) is 2.89. The highest BCUT2D eigenvalue weighted by Gasteiger charge is 1.97. The van der Waals surface area contributed by atoms with Crippen LogP contribution >= 0.6 is 0 Å². The van der Waals surface area contributed by atoms with Crippen LogP contribution in [0.25, 0.3) is 0 Å². The van der Waals surface area contributed by atoms with Crippen LogP contribution in [0, 0.1) is 0 Å². The fourth-order valence-corrected chi connectivity index (χ4v) is 1.68. The average Bonchev–Trinajstić information content (AvgIpc) is 2.23. The summed E-state index contributed by atoms with van der Waals surface area (Å²) >= 11 is 0. The van der Waals surface area contributed by atoms with Gasteiger partial charge < -0.3 is 10.2 Å². The lowest BCUT2D eigenvalue weighted by atomic mass is 10.2. The second kappa shape index (κ2) is 12.0. The Labute approximate surface area is 96.4 Å². The van der Waals surface area contributed by atoms with E-state index in [4.69, 9.17) is 0 Å². The largest absolute Gasteiger partial charge is 0.317 e. The molecule has 0 radical (unpaired) electrons. The molecule has 92 valence electrons. The van der Waals surface area contributed by atoms with E-state index in [1.807, 2.05) is 0 Å². The highest BCUT2D eigenvalue weighted by Crippen LogP contribution is 1.98. The highest BCUT2D eigenvalue weighted by atomic mass is 15.1. The van der Waals surface area contributed by atoms with Crippen molar-refractivity contribution in [1.29, 1.82) is 0 Å². The molecule has 0 rings (SSSR count). The van der Waals surface area contributed by atoms with Crippen molar-refractivity contribution in [1.82, 2.24) is 10.2 Å². The topological polar surface area (TPSA) is 15.3 Å². The summed E-state index contributed by atoms with van der Waals surface area (Å²) in [6.07, 6.45) is 7.96. The molecule has 1 N–H and O–H groups in total. The van der Waals surface area contributed by atoms with Crippen molar-refractivity contribution in [2.75, 3.05) is 33.2 Å². The SMILES string of the molecule is CCCCCN(C)CCCCNCCC. The van der Waals surface area contributed by atoms with Crippen LogP contribution in [0.4, 0.5) is 0 Å². The van der Waals surface area contributed by atoms with Gasteiger partial charge in [0, 0.05) is 0 Å². The smallest absolute Gasteiger partial charge is 0.00213 e. The Kier molecular flexibility index (Phi) is 11.9. The van der Waals surface area contributed by atoms with Gasteiger partial charge in [-0.3, -0.25) is 0 Å². The van der Waals surface area contributed by atoms with Crippen molar-refractivity contribution in [2.45, 2.75) is 52.4 Å². The minimum Gasteiger partial charge on any atom is -0.317 e. The zero-order valence-corrected chi connectivity index (χ0v) is 11.0. The minimum atomic E-state index is 1.17. The van der Waals surface area contributed by atoms with Gasteiger partial charge in [0.25, 0.3) is 0 Å². The van der Waals surface area contributed by atoms with Crippen molar-refractivity contribution in [3.63, 3.8) is 0 Å². The van der Waals surface area contributed by atoms with Crippen molar-refractivity contribution in [3.05, 3.63) is 0 Å². The molecule has 0 fully saturated rings. The van der Waals surface area contributed by atoms with E-state index >= 15 is 0 Å². The van der Waals surface area contributed by atoms with Crippen LogP contribution in [0.5, 0.6) is 0 Å². The van der Waals surface area contributed by atoms with Crippen LogP contribution in [0.1, 0.15) is 52.4 Å². The van der Waals surface area contributed by atoms with Gasteiger partial charge in [0.1, 0.15) is 0 Å². The van der Waals surface area contributed by atoms with E-state index in [1.54, 1.807) is 0 Å². The van der Waals surface area contributed by atoms with E-state index in [9.17, 15) is 0 Å². The van der Waals surface area contributed by atoms with E-state index in [0.29, 0.717) is 0 Å². The standard InChI is InChI=1S/C13H30N2/c1-4-6-8-12-15(3)13-9-7-11-14-10-5-2/h14H,4-13H2,1-3H3. The summed E-state index contributed by atoms with van der Waals surface area (Å²) in [6, 6.07) is 0. The summed E-state index contributed by atoms with van der Waals surface area (Å²) < 4.78 is 0. The molecule has 0 spiro atoms. The van der Waals surface area contributed by atoms with Gasteiger partial charge in [0.2, 0.25) is 0 Å². The Morgan fingerprint density at radius 2 is 1.47 bits per heavy atom. The Balaban J connectivity index is 3.06. The monoisotopic (exact) mass is 214 g/mol. The average molecular weight is 214 g/mol. The first-order chi connectivity index (χ1) is 7.31. The number of nitrogens with one attached hydrogen (secondary N) is 1. The van der Waals surface area contributed by atoms with Crippen LogP contribution in [0.15, 0.2) is 0 Å². The molecular formula is C13H30N2. The molecule has 0 amide bonds. The van der Waals surface area contributed by atoms with Gasteiger partial charge >= 0.3 is 0 Å². The molecule has 0 atom stereocenters. The Morgan fingerprint density at radius 1 is 0.800 bits per heavy atom. The fraction of sp³-hybridized carbons (Fsp3) is 1.00. The Morgan fingerprint density at radius 3 is 2.07 bits per heavy atom. The van der Waals surface area contributed by atoms with Gasteiger partial charge in [-0.15, -0.1) is 0 Å². The molecule has 0 aromatic carbocycles. The number of unbranched alkanes of at least 4 members (excludes halogenated alkanes) is 3.